The van der Waals surface area contributed by atoms with Crippen LogP contribution in [-0.4, -0.2) is 10.1 Å². The Bertz CT molecular complexity index is 801. The molecule has 1 aromatic heterocycles. The lowest BCUT2D eigenvalue weighted by molar-refractivity contribution is 0.355. The van der Waals surface area contributed by atoms with Gasteiger partial charge in [-0.1, -0.05) is 48.5 Å². The minimum atomic E-state index is 0.103. The molecule has 2 aromatic carbocycles. The van der Waals surface area contributed by atoms with Crippen LogP contribution < -0.4 is 0 Å². The lowest BCUT2D eigenvalue weighted by Gasteiger charge is -2.01. The number of nitriles is 1. The Balaban J connectivity index is 1.89. The van der Waals surface area contributed by atoms with Gasteiger partial charge in [-0.2, -0.15) is 10.2 Å². The molecule has 0 saturated heterocycles. The number of hydrogen-bond donors (Lipinski definition) is 0. The second-order valence-electron chi connectivity index (χ2n) is 5.12. The maximum absolute atomic E-state index is 8.63. The zero-order valence-corrected chi connectivity index (χ0v) is 11.8. The Kier molecular flexibility index (Phi) is 3.65. The van der Waals surface area contributed by atoms with Crippen molar-refractivity contribution in [3.8, 4) is 17.5 Å². The van der Waals surface area contributed by atoms with Gasteiger partial charge in [0.25, 0.3) is 0 Å². The molecule has 104 valence electrons. The molecule has 21 heavy (non-hydrogen) atoms. The molecular formula is C17H15N3O. The van der Waals surface area contributed by atoms with E-state index in [9.17, 15) is 0 Å². The number of fused-ring (bicyclic) bond motifs is 1. The highest BCUT2D eigenvalue weighted by atomic mass is 16.5. The molecule has 3 rings (SSSR count). The van der Waals surface area contributed by atoms with Crippen molar-refractivity contribution < 1.29 is 4.52 Å². The first-order valence-corrected chi connectivity index (χ1v) is 6.97. The predicted octanol–water partition coefficient (Wildman–Crippen LogP) is 4.30. The average Bonchev–Trinajstić information content (AvgIpc) is 3.02. The van der Waals surface area contributed by atoms with Crippen LogP contribution in [0.15, 0.2) is 47.0 Å². The molecule has 3 aromatic rings. The summed E-state index contributed by atoms with van der Waals surface area (Å²) in [6, 6.07) is 16.4. The van der Waals surface area contributed by atoms with E-state index in [0.717, 1.165) is 17.4 Å². The summed E-state index contributed by atoms with van der Waals surface area (Å²) < 4.78 is 5.32. The number of hydrogen-bond acceptors (Lipinski definition) is 4. The molecule has 0 bridgehead atoms. The van der Waals surface area contributed by atoms with E-state index in [2.05, 4.69) is 40.5 Å². The van der Waals surface area contributed by atoms with Gasteiger partial charge in [-0.25, -0.2) is 0 Å². The summed E-state index contributed by atoms with van der Waals surface area (Å²) >= 11 is 0. The van der Waals surface area contributed by atoms with Crippen LogP contribution in [0.5, 0.6) is 0 Å². The number of rotatable bonds is 4. The molecule has 0 aliphatic heterocycles. The molecule has 0 aliphatic carbocycles. The fraction of sp³-hybridized carbons (Fsp3) is 0.235. The number of nitrogens with zero attached hydrogens (tertiary/aromatic N) is 3. The highest BCUT2D eigenvalue weighted by Crippen LogP contribution is 2.25. The summed E-state index contributed by atoms with van der Waals surface area (Å²) in [4.78, 5) is 4.45. The van der Waals surface area contributed by atoms with Gasteiger partial charge >= 0.3 is 0 Å². The molecular weight excluding hydrogens is 262 g/mol. The van der Waals surface area contributed by atoms with Crippen molar-refractivity contribution >= 4 is 10.8 Å². The van der Waals surface area contributed by atoms with Gasteiger partial charge in [0.2, 0.25) is 11.7 Å². The van der Waals surface area contributed by atoms with Crippen molar-refractivity contribution in [2.24, 2.45) is 0 Å². The van der Waals surface area contributed by atoms with Crippen molar-refractivity contribution in [1.29, 1.82) is 5.26 Å². The lowest BCUT2D eigenvalue weighted by Crippen LogP contribution is -1.93. The maximum Gasteiger partial charge on any atom is 0.229 e. The first kappa shape index (κ1) is 13.3. The maximum atomic E-state index is 8.63. The van der Waals surface area contributed by atoms with Crippen LogP contribution in [0.4, 0.5) is 0 Å². The smallest absolute Gasteiger partial charge is 0.229 e. The Morgan fingerprint density at radius 1 is 1.19 bits per heavy atom. The van der Waals surface area contributed by atoms with Crippen molar-refractivity contribution in [2.45, 2.75) is 25.7 Å². The molecule has 0 saturated carbocycles. The molecule has 0 N–H and O–H groups in total. The Morgan fingerprint density at radius 3 is 2.81 bits per heavy atom. The van der Waals surface area contributed by atoms with Crippen molar-refractivity contribution in [2.75, 3.05) is 0 Å². The monoisotopic (exact) mass is 277 g/mol. The van der Waals surface area contributed by atoms with Crippen LogP contribution in [-0.2, 0) is 0 Å². The molecule has 0 aliphatic rings. The second kappa shape index (κ2) is 5.76. The van der Waals surface area contributed by atoms with Crippen molar-refractivity contribution in [3.05, 3.63) is 48.4 Å². The van der Waals surface area contributed by atoms with Gasteiger partial charge in [-0.15, -0.1) is 0 Å². The zero-order chi connectivity index (χ0) is 14.7. The predicted molar refractivity (Wildman–Crippen MR) is 80.5 cm³/mol. The van der Waals surface area contributed by atoms with Crippen LogP contribution in [0, 0.1) is 11.3 Å². The highest BCUT2D eigenvalue weighted by molar-refractivity contribution is 5.86. The van der Waals surface area contributed by atoms with E-state index in [1.807, 2.05) is 25.1 Å². The second-order valence-corrected chi connectivity index (χ2v) is 5.12. The summed E-state index contributed by atoms with van der Waals surface area (Å²) in [5.41, 5.74) is 0.941. The highest BCUT2D eigenvalue weighted by Gasteiger charge is 2.15. The van der Waals surface area contributed by atoms with E-state index in [1.54, 1.807) is 0 Å². The number of benzene rings is 2. The van der Waals surface area contributed by atoms with E-state index in [4.69, 9.17) is 9.78 Å². The van der Waals surface area contributed by atoms with E-state index >= 15 is 0 Å². The lowest BCUT2D eigenvalue weighted by atomic mass is 10.1. The van der Waals surface area contributed by atoms with Crippen LogP contribution in [0.25, 0.3) is 22.2 Å². The molecule has 0 fully saturated rings. The Labute approximate surface area is 123 Å². The molecule has 0 amide bonds. The topological polar surface area (TPSA) is 62.7 Å². The van der Waals surface area contributed by atoms with Crippen LogP contribution in [0.3, 0.4) is 0 Å². The number of aromatic nitrogens is 2. The fourth-order valence-corrected chi connectivity index (χ4v) is 2.29. The summed E-state index contributed by atoms with van der Waals surface area (Å²) in [5.74, 6) is 1.29. The Hall–Kier alpha value is -2.67. The van der Waals surface area contributed by atoms with E-state index in [-0.39, 0.29) is 5.92 Å². The third-order valence-corrected chi connectivity index (χ3v) is 3.56. The van der Waals surface area contributed by atoms with Gasteiger partial charge in [-0.3, -0.25) is 0 Å². The molecule has 0 radical (unpaired) electrons. The third kappa shape index (κ3) is 2.77. The summed E-state index contributed by atoms with van der Waals surface area (Å²) in [6.07, 6.45) is 1.23. The van der Waals surface area contributed by atoms with Gasteiger partial charge in [-0.05, 0) is 23.3 Å². The van der Waals surface area contributed by atoms with E-state index < -0.39 is 0 Å². The molecule has 0 spiro atoms. The first-order valence-electron chi connectivity index (χ1n) is 6.97. The van der Waals surface area contributed by atoms with Gasteiger partial charge < -0.3 is 4.52 Å². The molecule has 4 nitrogen and oxygen atoms in total. The third-order valence-electron chi connectivity index (χ3n) is 3.56. The van der Waals surface area contributed by atoms with Crippen LogP contribution in [0.2, 0.25) is 0 Å². The largest absolute Gasteiger partial charge is 0.339 e. The van der Waals surface area contributed by atoms with Crippen molar-refractivity contribution in [3.63, 3.8) is 0 Å². The quantitative estimate of drug-likeness (QED) is 0.713. The SMILES string of the molecule is CC(CCC#N)c1nc(-c2ccc3ccccc3c2)no1. The van der Waals surface area contributed by atoms with E-state index in [1.165, 1.54) is 5.39 Å². The van der Waals surface area contributed by atoms with E-state index in [0.29, 0.717) is 18.1 Å². The zero-order valence-electron chi connectivity index (χ0n) is 11.8. The summed E-state index contributed by atoms with van der Waals surface area (Å²) in [7, 11) is 0. The van der Waals surface area contributed by atoms with Crippen LogP contribution in [0.1, 0.15) is 31.6 Å². The van der Waals surface area contributed by atoms with Gasteiger partial charge in [0, 0.05) is 17.9 Å². The molecule has 1 unspecified atom stereocenters. The molecule has 4 heteroatoms. The van der Waals surface area contributed by atoms with Crippen molar-refractivity contribution in [1.82, 2.24) is 10.1 Å². The standard InChI is InChI=1S/C17H15N3O/c1-12(5-4-10-18)17-19-16(20-21-17)15-9-8-13-6-2-3-7-14(13)11-15/h2-3,6-9,11-12H,4-5H2,1H3. The first-order chi connectivity index (χ1) is 10.3. The summed E-state index contributed by atoms with van der Waals surface area (Å²) in [6.45, 7) is 2.00. The molecule has 1 atom stereocenters. The average molecular weight is 277 g/mol. The van der Waals surface area contributed by atoms with Gasteiger partial charge in [0.15, 0.2) is 0 Å². The fourth-order valence-electron chi connectivity index (χ4n) is 2.29. The minimum absolute atomic E-state index is 0.103. The van der Waals surface area contributed by atoms with Gasteiger partial charge in [0.1, 0.15) is 0 Å². The normalized spacial score (nSPS) is 12.2. The summed E-state index contributed by atoms with van der Waals surface area (Å²) in [5, 5.41) is 15.0. The minimum Gasteiger partial charge on any atom is -0.339 e. The Morgan fingerprint density at radius 2 is 2.00 bits per heavy atom. The van der Waals surface area contributed by atoms with Gasteiger partial charge in [0.05, 0.1) is 6.07 Å². The van der Waals surface area contributed by atoms with Crippen LogP contribution >= 0.6 is 0 Å². The molecule has 1 heterocycles.